The minimum absolute atomic E-state index is 1.03. The van der Waals surface area contributed by atoms with Crippen molar-refractivity contribution < 1.29 is 0 Å². The summed E-state index contributed by atoms with van der Waals surface area (Å²) in [6, 6.07) is 4.40. The van der Waals surface area contributed by atoms with E-state index in [1.165, 1.54) is 22.3 Å². The molecule has 0 amide bonds. The van der Waals surface area contributed by atoms with E-state index in [-0.39, 0.29) is 0 Å². The fourth-order valence-corrected chi connectivity index (χ4v) is 2.53. The highest BCUT2D eigenvalue weighted by molar-refractivity contribution is 9.10. The van der Waals surface area contributed by atoms with Crippen LogP contribution >= 0.6 is 15.9 Å². The normalized spacial score (nSPS) is 10.8. The molecule has 0 bridgehead atoms. The number of nitrogens with zero attached hydrogens (tertiary/aromatic N) is 2. The Morgan fingerprint density at radius 1 is 1.12 bits per heavy atom. The minimum Gasteiger partial charge on any atom is -0.328 e. The Morgan fingerprint density at radius 2 is 1.69 bits per heavy atom. The maximum atomic E-state index is 4.45. The van der Waals surface area contributed by atoms with E-state index >= 15 is 0 Å². The van der Waals surface area contributed by atoms with Gasteiger partial charge in [-0.25, -0.2) is 4.98 Å². The highest BCUT2D eigenvalue weighted by Gasteiger charge is 2.13. The lowest BCUT2D eigenvalue weighted by atomic mass is 9.98. The number of hydrogen-bond donors (Lipinski definition) is 0. The van der Waals surface area contributed by atoms with Crippen LogP contribution in [-0.2, 0) is 7.05 Å². The third-order valence-corrected chi connectivity index (χ3v) is 3.71. The molecule has 0 unspecified atom stereocenters. The summed E-state index contributed by atoms with van der Waals surface area (Å²) in [5, 5.41) is 0. The van der Waals surface area contributed by atoms with Gasteiger partial charge in [0, 0.05) is 12.6 Å². The zero-order valence-corrected chi connectivity index (χ0v) is 11.6. The predicted molar refractivity (Wildman–Crippen MR) is 70.6 cm³/mol. The van der Waals surface area contributed by atoms with E-state index in [0.29, 0.717) is 0 Å². The van der Waals surface area contributed by atoms with E-state index in [0.717, 1.165) is 10.3 Å². The van der Waals surface area contributed by atoms with E-state index in [1.807, 2.05) is 17.9 Å². The van der Waals surface area contributed by atoms with Crippen molar-refractivity contribution in [3.8, 4) is 11.3 Å². The lowest BCUT2D eigenvalue weighted by Crippen LogP contribution is -1.92. The zero-order chi connectivity index (χ0) is 11.9. The molecule has 0 aliphatic heterocycles. The molecule has 3 heteroatoms. The van der Waals surface area contributed by atoms with Crippen LogP contribution in [0, 0.1) is 20.8 Å². The summed E-state index contributed by atoms with van der Waals surface area (Å²) >= 11 is 3.57. The second-order valence-electron chi connectivity index (χ2n) is 4.27. The molecule has 0 saturated carbocycles. The summed E-state index contributed by atoms with van der Waals surface area (Å²) in [4.78, 5) is 4.45. The Balaban J connectivity index is 2.69. The van der Waals surface area contributed by atoms with Gasteiger partial charge in [0.15, 0.2) is 0 Å². The molecule has 0 spiro atoms. The van der Waals surface area contributed by atoms with Gasteiger partial charge in [0.05, 0.1) is 6.33 Å². The van der Waals surface area contributed by atoms with Crippen LogP contribution in [0.4, 0.5) is 0 Å². The van der Waals surface area contributed by atoms with E-state index in [1.54, 1.807) is 0 Å². The maximum Gasteiger partial charge on any atom is 0.112 e. The number of hydrogen-bond acceptors (Lipinski definition) is 1. The lowest BCUT2D eigenvalue weighted by Gasteiger charge is -2.09. The molecule has 1 heterocycles. The predicted octanol–water partition coefficient (Wildman–Crippen LogP) is 3.77. The number of benzene rings is 1. The second-order valence-corrected chi connectivity index (χ2v) is 5.02. The number of aromatic nitrogens is 2. The first-order valence-corrected chi connectivity index (χ1v) is 6.05. The van der Waals surface area contributed by atoms with Crippen LogP contribution < -0.4 is 0 Å². The minimum atomic E-state index is 1.03. The molecular weight excluding hydrogens is 264 g/mol. The summed E-state index contributed by atoms with van der Waals surface area (Å²) < 4.78 is 3.01. The van der Waals surface area contributed by atoms with Crippen LogP contribution in [0.25, 0.3) is 11.3 Å². The number of aryl methyl sites for hydroxylation is 4. The summed E-state index contributed by atoms with van der Waals surface area (Å²) in [5.74, 6) is 0. The van der Waals surface area contributed by atoms with Gasteiger partial charge in [-0.1, -0.05) is 17.7 Å². The van der Waals surface area contributed by atoms with Crippen molar-refractivity contribution in [3.05, 3.63) is 39.8 Å². The van der Waals surface area contributed by atoms with Crippen molar-refractivity contribution in [1.29, 1.82) is 0 Å². The van der Waals surface area contributed by atoms with Crippen LogP contribution in [0.15, 0.2) is 23.1 Å². The first-order chi connectivity index (χ1) is 7.50. The van der Waals surface area contributed by atoms with Crippen molar-refractivity contribution in [2.24, 2.45) is 7.05 Å². The molecule has 0 atom stereocenters. The monoisotopic (exact) mass is 278 g/mol. The van der Waals surface area contributed by atoms with E-state index in [4.69, 9.17) is 0 Å². The van der Waals surface area contributed by atoms with Crippen LogP contribution in [0.2, 0.25) is 0 Å². The van der Waals surface area contributed by atoms with Gasteiger partial charge in [-0.3, -0.25) is 0 Å². The maximum absolute atomic E-state index is 4.45. The quantitative estimate of drug-likeness (QED) is 0.777. The van der Waals surface area contributed by atoms with Gasteiger partial charge in [-0.15, -0.1) is 0 Å². The van der Waals surface area contributed by atoms with Crippen LogP contribution in [0.1, 0.15) is 16.7 Å². The summed E-state index contributed by atoms with van der Waals surface area (Å²) in [6.45, 7) is 6.39. The van der Waals surface area contributed by atoms with Crippen LogP contribution in [0.5, 0.6) is 0 Å². The Kier molecular flexibility index (Phi) is 2.89. The largest absolute Gasteiger partial charge is 0.328 e. The fraction of sp³-hybridized carbons (Fsp3) is 0.308. The van der Waals surface area contributed by atoms with Crippen molar-refractivity contribution >= 4 is 15.9 Å². The standard InChI is InChI=1S/C13H15BrN2/c1-8-5-9(2)11(10(3)6-8)12-13(14)16(4)7-15-12/h5-7H,1-4H3. The van der Waals surface area contributed by atoms with Crippen molar-refractivity contribution in [2.45, 2.75) is 20.8 Å². The van der Waals surface area contributed by atoms with Gasteiger partial charge in [0.1, 0.15) is 10.3 Å². The molecular formula is C13H15BrN2. The molecule has 1 aromatic carbocycles. The Hall–Kier alpha value is -1.09. The zero-order valence-electron chi connectivity index (χ0n) is 10.0. The first kappa shape index (κ1) is 11.4. The molecule has 0 N–H and O–H groups in total. The molecule has 0 aliphatic carbocycles. The molecule has 16 heavy (non-hydrogen) atoms. The highest BCUT2D eigenvalue weighted by atomic mass is 79.9. The van der Waals surface area contributed by atoms with E-state index in [2.05, 4.69) is 53.8 Å². The van der Waals surface area contributed by atoms with Gasteiger partial charge >= 0.3 is 0 Å². The molecule has 0 saturated heterocycles. The molecule has 0 radical (unpaired) electrons. The molecule has 2 nitrogen and oxygen atoms in total. The third-order valence-electron chi connectivity index (χ3n) is 2.78. The Morgan fingerprint density at radius 3 is 2.12 bits per heavy atom. The van der Waals surface area contributed by atoms with Gasteiger partial charge in [-0.2, -0.15) is 0 Å². The molecule has 2 rings (SSSR count). The van der Waals surface area contributed by atoms with Gasteiger partial charge in [-0.05, 0) is 47.8 Å². The Labute approximate surface area is 104 Å². The molecule has 0 aliphatic rings. The van der Waals surface area contributed by atoms with Gasteiger partial charge in [0.2, 0.25) is 0 Å². The van der Waals surface area contributed by atoms with Crippen molar-refractivity contribution in [1.82, 2.24) is 9.55 Å². The topological polar surface area (TPSA) is 17.8 Å². The van der Waals surface area contributed by atoms with Gasteiger partial charge < -0.3 is 4.57 Å². The highest BCUT2D eigenvalue weighted by Crippen LogP contribution is 2.32. The smallest absolute Gasteiger partial charge is 0.112 e. The first-order valence-electron chi connectivity index (χ1n) is 5.25. The summed E-state index contributed by atoms with van der Waals surface area (Å²) in [7, 11) is 1.99. The third kappa shape index (κ3) is 1.80. The van der Waals surface area contributed by atoms with Crippen molar-refractivity contribution in [3.63, 3.8) is 0 Å². The molecule has 84 valence electrons. The fourth-order valence-electron chi connectivity index (χ4n) is 2.14. The van der Waals surface area contributed by atoms with Crippen LogP contribution in [0.3, 0.4) is 0 Å². The van der Waals surface area contributed by atoms with E-state index in [9.17, 15) is 0 Å². The molecule has 2 aromatic rings. The van der Waals surface area contributed by atoms with Crippen molar-refractivity contribution in [2.75, 3.05) is 0 Å². The summed E-state index contributed by atoms with van der Waals surface area (Å²) in [5.41, 5.74) is 6.11. The number of rotatable bonds is 1. The second kappa shape index (κ2) is 4.06. The average Bonchev–Trinajstić information content (AvgIpc) is 2.48. The Bertz CT molecular complexity index is 518. The molecule has 1 aromatic heterocycles. The number of imidazole rings is 1. The summed E-state index contributed by atoms with van der Waals surface area (Å²) in [6.07, 6.45) is 1.83. The number of halogens is 1. The van der Waals surface area contributed by atoms with Gasteiger partial charge in [0.25, 0.3) is 0 Å². The molecule has 0 fully saturated rings. The van der Waals surface area contributed by atoms with Crippen LogP contribution in [-0.4, -0.2) is 9.55 Å². The SMILES string of the molecule is Cc1cc(C)c(-c2ncn(C)c2Br)c(C)c1. The lowest BCUT2D eigenvalue weighted by molar-refractivity contribution is 0.891. The average molecular weight is 279 g/mol. The van der Waals surface area contributed by atoms with E-state index < -0.39 is 0 Å².